The number of sulfone groups is 1. The van der Waals surface area contributed by atoms with Crippen molar-refractivity contribution in [3.05, 3.63) is 59.7 Å². The number of alkyl halides is 3. The molecule has 2 N–H and O–H groups in total. The lowest BCUT2D eigenvalue weighted by Gasteiger charge is -2.08. The van der Waals surface area contributed by atoms with E-state index in [1.807, 2.05) is 0 Å². The van der Waals surface area contributed by atoms with E-state index in [-0.39, 0.29) is 10.6 Å². The second-order valence-electron chi connectivity index (χ2n) is 4.52. The van der Waals surface area contributed by atoms with Gasteiger partial charge in [-0.15, -0.1) is 0 Å². The molecule has 0 fully saturated rings. The van der Waals surface area contributed by atoms with Crippen molar-refractivity contribution < 1.29 is 21.6 Å². The van der Waals surface area contributed by atoms with Crippen LogP contribution < -0.4 is 5.73 Å². The first-order valence-electron chi connectivity index (χ1n) is 5.93. The van der Waals surface area contributed by atoms with E-state index in [4.69, 9.17) is 5.73 Å². The Morgan fingerprint density at radius 3 is 1.90 bits per heavy atom. The van der Waals surface area contributed by atoms with E-state index < -0.39 is 21.6 Å². The van der Waals surface area contributed by atoms with Gasteiger partial charge < -0.3 is 5.73 Å². The Kier molecular flexibility index (Phi) is 3.95. The largest absolute Gasteiger partial charge is 0.416 e. The minimum atomic E-state index is -4.49. The summed E-state index contributed by atoms with van der Waals surface area (Å²) in [6, 6.07) is 9.72. The van der Waals surface area contributed by atoms with E-state index >= 15 is 0 Å². The highest BCUT2D eigenvalue weighted by Crippen LogP contribution is 2.30. The average Bonchev–Trinajstić information content (AvgIpc) is 2.40. The molecule has 0 amide bonds. The van der Waals surface area contributed by atoms with Crippen LogP contribution >= 0.6 is 0 Å². The highest BCUT2D eigenvalue weighted by molar-refractivity contribution is 7.90. The van der Waals surface area contributed by atoms with E-state index in [2.05, 4.69) is 0 Å². The molecule has 0 spiro atoms. The molecule has 0 unspecified atom stereocenters. The third-order valence-corrected chi connectivity index (χ3v) is 4.58. The van der Waals surface area contributed by atoms with E-state index in [1.54, 1.807) is 24.3 Å². The molecule has 0 atom stereocenters. The zero-order valence-corrected chi connectivity index (χ0v) is 11.6. The molecule has 0 heterocycles. The minimum absolute atomic E-state index is 0.146. The molecule has 2 aromatic rings. The molecule has 3 nitrogen and oxygen atoms in total. The highest BCUT2D eigenvalue weighted by atomic mass is 32.2. The number of benzene rings is 2. The fraction of sp³-hybridized carbons (Fsp3) is 0.143. The van der Waals surface area contributed by atoms with Gasteiger partial charge in [-0.3, -0.25) is 0 Å². The normalized spacial score (nSPS) is 12.3. The summed E-state index contributed by atoms with van der Waals surface area (Å²) in [7, 11) is -3.70. The monoisotopic (exact) mass is 315 g/mol. The molecule has 112 valence electrons. The molecule has 0 saturated carbocycles. The van der Waals surface area contributed by atoms with Crippen molar-refractivity contribution in [1.29, 1.82) is 0 Å². The number of hydrogen-bond acceptors (Lipinski definition) is 3. The number of nitrogen functional groups attached to an aromatic ring is 1. The maximum absolute atomic E-state index is 12.4. The summed E-state index contributed by atoms with van der Waals surface area (Å²) >= 11 is 0. The first kappa shape index (κ1) is 15.4. The van der Waals surface area contributed by atoms with Crippen LogP contribution in [0.15, 0.2) is 53.4 Å². The molecule has 7 heteroatoms. The van der Waals surface area contributed by atoms with Gasteiger partial charge in [0.2, 0.25) is 0 Å². The SMILES string of the molecule is Nc1ccc(CS(=O)(=O)c2ccc(C(F)(F)F)cc2)cc1. The van der Waals surface area contributed by atoms with Crippen LogP contribution in [0.5, 0.6) is 0 Å². The van der Waals surface area contributed by atoms with Gasteiger partial charge in [0.25, 0.3) is 0 Å². The Bertz CT molecular complexity index is 720. The van der Waals surface area contributed by atoms with E-state index in [0.717, 1.165) is 24.3 Å². The van der Waals surface area contributed by atoms with Gasteiger partial charge in [-0.1, -0.05) is 12.1 Å². The summed E-state index contributed by atoms with van der Waals surface area (Å²) < 4.78 is 61.6. The standard InChI is InChI=1S/C14H12F3NO2S/c15-14(16,17)11-3-7-13(8-4-11)21(19,20)9-10-1-5-12(18)6-2-10/h1-8H,9,18H2. The minimum Gasteiger partial charge on any atom is -0.399 e. The lowest BCUT2D eigenvalue weighted by atomic mass is 10.2. The van der Waals surface area contributed by atoms with Crippen molar-refractivity contribution in [1.82, 2.24) is 0 Å². The van der Waals surface area contributed by atoms with Gasteiger partial charge in [0.15, 0.2) is 9.84 Å². The molecule has 0 radical (unpaired) electrons. The Morgan fingerprint density at radius 2 is 1.43 bits per heavy atom. The number of anilines is 1. The van der Waals surface area contributed by atoms with E-state index in [9.17, 15) is 21.6 Å². The first-order valence-corrected chi connectivity index (χ1v) is 7.58. The zero-order valence-electron chi connectivity index (χ0n) is 10.8. The Morgan fingerprint density at radius 1 is 0.905 bits per heavy atom. The summed E-state index contributed by atoms with van der Waals surface area (Å²) in [5.74, 6) is -0.293. The maximum Gasteiger partial charge on any atom is 0.416 e. The van der Waals surface area contributed by atoms with Crippen molar-refractivity contribution in [2.75, 3.05) is 5.73 Å². The quantitative estimate of drug-likeness (QED) is 0.884. The Hall–Kier alpha value is -2.02. The fourth-order valence-corrected chi connectivity index (χ4v) is 3.12. The molecular weight excluding hydrogens is 303 g/mol. The molecule has 2 aromatic carbocycles. The molecule has 2 rings (SSSR count). The van der Waals surface area contributed by atoms with Crippen LogP contribution in [-0.4, -0.2) is 8.42 Å². The second-order valence-corrected chi connectivity index (χ2v) is 6.51. The van der Waals surface area contributed by atoms with Gasteiger partial charge in [0, 0.05) is 5.69 Å². The zero-order chi connectivity index (χ0) is 15.7. The molecule has 0 aliphatic rings. The third kappa shape index (κ3) is 3.75. The topological polar surface area (TPSA) is 60.2 Å². The summed E-state index contributed by atoms with van der Waals surface area (Å²) in [6.45, 7) is 0. The Balaban J connectivity index is 2.25. The van der Waals surface area contributed by atoms with Gasteiger partial charge in [0.05, 0.1) is 16.2 Å². The molecule has 0 saturated heterocycles. The van der Waals surface area contributed by atoms with Crippen LogP contribution in [0.2, 0.25) is 0 Å². The molecule has 0 aromatic heterocycles. The maximum atomic E-state index is 12.4. The van der Waals surface area contributed by atoms with Crippen LogP contribution in [0.3, 0.4) is 0 Å². The second kappa shape index (κ2) is 5.40. The van der Waals surface area contributed by atoms with Crippen LogP contribution in [-0.2, 0) is 21.8 Å². The predicted octanol–water partition coefficient (Wildman–Crippen LogP) is 3.26. The lowest BCUT2D eigenvalue weighted by molar-refractivity contribution is -0.137. The van der Waals surface area contributed by atoms with Crippen LogP contribution in [0.4, 0.5) is 18.9 Å². The highest BCUT2D eigenvalue weighted by Gasteiger charge is 2.30. The Labute approximate surface area is 120 Å². The molecule has 0 bridgehead atoms. The fourth-order valence-electron chi connectivity index (χ4n) is 1.77. The van der Waals surface area contributed by atoms with Crippen LogP contribution in [0.1, 0.15) is 11.1 Å². The van der Waals surface area contributed by atoms with Gasteiger partial charge in [-0.2, -0.15) is 13.2 Å². The van der Waals surface area contributed by atoms with Gasteiger partial charge in [-0.25, -0.2) is 8.42 Å². The third-order valence-electron chi connectivity index (χ3n) is 2.88. The number of halogens is 3. The van der Waals surface area contributed by atoms with Crippen molar-refractivity contribution in [3.63, 3.8) is 0 Å². The van der Waals surface area contributed by atoms with Crippen molar-refractivity contribution >= 4 is 15.5 Å². The summed E-state index contributed by atoms with van der Waals surface area (Å²) in [5.41, 5.74) is 5.65. The van der Waals surface area contributed by atoms with E-state index in [1.165, 1.54) is 0 Å². The van der Waals surface area contributed by atoms with Gasteiger partial charge >= 0.3 is 6.18 Å². The van der Waals surface area contributed by atoms with Crippen molar-refractivity contribution in [2.45, 2.75) is 16.8 Å². The predicted molar refractivity (Wildman–Crippen MR) is 73.2 cm³/mol. The smallest absolute Gasteiger partial charge is 0.399 e. The number of hydrogen-bond donors (Lipinski definition) is 1. The van der Waals surface area contributed by atoms with Gasteiger partial charge in [-0.05, 0) is 42.0 Å². The number of nitrogens with two attached hydrogens (primary N) is 1. The van der Waals surface area contributed by atoms with Crippen LogP contribution in [0, 0.1) is 0 Å². The van der Waals surface area contributed by atoms with Crippen LogP contribution in [0.25, 0.3) is 0 Å². The van der Waals surface area contributed by atoms with Crippen molar-refractivity contribution in [2.24, 2.45) is 0 Å². The van der Waals surface area contributed by atoms with Crippen molar-refractivity contribution in [3.8, 4) is 0 Å². The van der Waals surface area contributed by atoms with Gasteiger partial charge in [0.1, 0.15) is 0 Å². The molecule has 21 heavy (non-hydrogen) atoms. The van der Waals surface area contributed by atoms with E-state index in [0.29, 0.717) is 11.3 Å². The summed E-state index contributed by atoms with van der Waals surface area (Å²) in [5, 5.41) is 0. The lowest BCUT2D eigenvalue weighted by Crippen LogP contribution is -2.08. The molecule has 0 aliphatic carbocycles. The number of rotatable bonds is 3. The molecular formula is C14H12F3NO2S. The summed E-state index contributed by atoms with van der Waals surface area (Å²) in [6.07, 6.45) is -4.49. The average molecular weight is 315 g/mol. The first-order chi connectivity index (χ1) is 9.68. The summed E-state index contributed by atoms with van der Waals surface area (Å²) in [4.78, 5) is -0.146. The molecule has 0 aliphatic heterocycles.